The molecule has 1 aliphatic carbocycles. The second kappa shape index (κ2) is 6.67. The molecule has 0 bridgehead atoms. The number of ether oxygens (including phenoxy) is 2. The van der Waals surface area contributed by atoms with Gasteiger partial charge in [-0.15, -0.1) is 0 Å². The van der Waals surface area contributed by atoms with E-state index in [0.29, 0.717) is 12.5 Å². The molecule has 1 fully saturated rings. The fourth-order valence-electron chi connectivity index (χ4n) is 2.59. The number of nitrogens with one attached hydrogen (secondary N) is 1. The lowest BCUT2D eigenvalue weighted by atomic mass is 9.64. The van der Waals surface area contributed by atoms with Gasteiger partial charge >= 0.3 is 12.1 Å². The van der Waals surface area contributed by atoms with Gasteiger partial charge in [0.25, 0.3) is 0 Å². The topological polar surface area (TPSA) is 64.6 Å². The molecular weight excluding hydrogens is 270 g/mol. The summed E-state index contributed by atoms with van der Waals surface area (Å²) in [6, 6.07) is -0.683. The highest BCUT2D eigenvalue weighted by atomic mass is 16.6. The largest absolute Gasteiger partial charge is 0.464 e. The Hall–Kier alpha value is -1.26. The van der Waals surface area contributed by atoms with Crippen molar-refractivity contribution in [2.45, 2.75) is 72.4 Å². The molecule has 0 saturated heterocycles. The molecule has 1 aliphatic rings. The number of carbonyl (C=O) groups excluding carboxylic acids is 2. The van der Waals surface area contributed by atoms with Gasteiger partial charge in [0.1, 0.15) is 11.6 Å². The molecule has 0 heterocycles. The van der Waals surface area contributed by atoms with Gasteiger partial charge in [0.15, 0.2) is 0 Å². The average molecular weight is 299 g/mol. The van der Waals surface area contributed by atoms with Crippen LogP contribution in [0.5, 0.6) is 0 Å². The Morgan fingerprint density at radius 1 is 1.19 bits per heavy atom. The van der Waals surface area contributed by atoms with E-state index >= 15 is 0 Å². The van der Waals surface area contributed by atoms with E-state index in [4.69, 9.17) is 9.47 Å². The zero-order chi connectivity index (χ0) is 16.3. The van der Waals surface area contributed by atoms with Gasteiger partial charge in [0.2, 0.25) is 0 Å². The van der Waals surface area contributed by atoms with Crippen LogP contribution in [0, 0.1) is 11.3 Å². The van der Waals surface area contributed by atoms with Crippen molar-refractivity contribution in [3.8, 4) is 0 Å². The quantitative estimate of drug-likeness (QED) is 0.791. The lowest BCUT2D eigenvalue weighted by Gasteiger charge is -2.44. The number of alkyl carbamates (subject to hydrolysis) is 1. The van der Waals surface area contributed by atoms with Crippen molar-refractivity contribution in [3.63, 3.8) is 0 Å². The highest BCUT2D eigenvalue weighted by Crippen LogP contribution is 2.44. The molecule has 0 aliphatic heterocycles. The van der Waals surface area contributed by atoms with E-state index in [-0.39, 0.29) is 11.4 Å². The Labute approximate surface area is 127 Å². The average Bonchev–Trinajstić information content (AvgIpc) is 2.20. The van der Waals surface area contributed by atoms with E-state index in [9.17, 15) is 9.59 Å². The molecule has 1 atom stereocenters. The normalized spacial score (nSPS) is 17.6. The van der Waals surface area contributed by atoms with Crippen LogP contribution >= 0.6 is 0 Å². The summed E-state index contributed by atoms with van der Waals surface area (Å²) in [5.41, 5.74) is -0.939. The number of rotatable bonds is 5. The summed E-state index contributed by atoms with van der Waals surface area (Å²) in [7, 11) is 0. The third kappa shape index (κ3) is 4.90. The Morgan fingerprint density at radius 2 is 1.76 bits per heavy atom. The van der Waals surface area contributed by atoms with Gasteiger partial charge in [-0.25, -0.2) is 9.59 Å². The maximum atomic E-state index is 12.2. The minimum absolute atomic E-state index is 0.298. The first kappa shape index (κ1) is 17.8. The molecule has 0 aromatic heterocycles. The minimum atomic E-state index is -0.683. The molecule has 1 rings (SSSR count). The van der Waals surface area contributed by atoms with Crippen molar-refractivity contribution in [1.82, 2.24) is 5.32 Å². The number of hydrogen-bond donors (Lipinski definition) is 1. The van der Waals surface area contributed by atoms with Gasteiger partial charge in [0, 0.05) is 0 Å². The summed E-state index contributed by atoms with van der Waals surface area (Å²) in [6.45, 7) is 11.5. The van der Waals surface area contributed by atoms with Gasteiger partial charge in [-0.05, 0) is 51.9 Å². The maximum absolute atomic E-state index is 12.2. The second-order valence-electron chi connectivity index (χ2n) is 7.28. The summed E-state index contributed by atoms with van der Waals surface area (Å²) < 4.78 is 10.4. The van der Waals surface area contributed by atoms with Gasteiger partial charge in [-0.2, -0.15) is 0 Å². The summed E-state index contributed by atoms with van der Waals surface area (Å²) in [5.74, 6) is 0.0297. The van der Waals surface area contributed by atoms with Gasteiger partial charge in [-0.1, -0.05) is 20.3 Å². The van der Waals surface area contributed by atoms with Gasteiger partial charge < -0.3 is 14.8 Å². The van der Waals surface area contributed by atoms with Crippen molar-refractivity contribution in [1.29, 1.82) is 0 Å². The zero-order valence-corrected chi connectivity index (χ0v) is 14.1. The zero-order valence-electron chi connectivity index (χ0n) is 14.1. The predicted molar refractivity (Wildman–Crippen MR) is 80.9 cm³/mol. The number of esters is 1. The monoisotopic (exact) mass is 299 g/mol. The molecule has 1 unspecified atom stereocenters. The molecule has 0 spiro atoms. The fraction of sp³-hybridized carbons (Fsp3) is 0.875. The molecule has 1 amide bonds. The molecule has 5 nitrogen and oxygen atoms in total. The van der Waals surface area contributed by atoms with Crippen LogP contribution < -0.4 is 5.32 Å². The second-order valence-corrected chi connectivity index (χ2v) is 7.28. The first-order valence-electron chi connectivity index (χ1n) is 7.74. The molecule has 21 heavy (non-hydrogen) atoms. The predicted octanol–water partition coefficient (Wildman–Crippen LogP) is 3.27. The summed E-state index contributed by atoms with van der Waals surface area (Å²) >= 11 is 0. The standard InChI is InChI=1S/C16H29NO4/c1-7-20-13(18)12(16(5,6)11-9-8-10-11)17-14(19)21-15(2,3)4/h11-12H,7-10H2,1-6H3,(H,17,19). The molecule has 0 aromatic carbocycles. The Balaban J connectivity index is 2.82. The summed E-state index contributed by atoms with van der Waals surface area (Å²) in [5, 5.41) is 2.71. The smallest absolute Gasteiger partial charge is 0.408 e. The van der Waals surface area contributed by atoms with Crippen LogP contribution in [0.3, 0.4) is 0 Å². The lowest BCUT2D eigenvalue weighted by molar-refractivity contribution is -0.151. The molecular formula is C16H29NO4. The van der Waals surface area contributed by atoms with E-state index in [2.05, 4.69) is 5.32 Å². The summed E-state index contributed by atoms with van der Waals surface area (Å²) in [4.78, 5) is 24.3. The van der Waals surface area contributed by atoms with E-state index in [1.54, 1.807) is 27.7 Å². The van der Waals surface area contributed by atoms with Crippen molar-refractivity contribution in [3.05, 3.63) is 0 Å². The Kier molecular flexibility index (Phi) is 5.65. The van der Waals surface area contributed by atoms with Gasteiger partial charge in [-0.3, -0.25) is 0 Å². The van der Waals surface area contributed by atoms with Crippen molar-refractivity contribution >= 4 is 12.1 Å². The lowest BCUT2D eigenvalue weighted by Crippen LogP contribution is -2.55. The van der Waals surface area contributed by atoms with Crippen LogP contribution in [0.15, 0.2) is 0 Å². The summed E-state index contributed by atoms with van der Waals surface area (Å²) in [6.07, 6.45) is 2.77. The Bertz CT molecular complexity index is 380. The number of carbonyl (C=O) groups is 2. The van der Waals surface area contributed by atoms with E-state index in [1.807, 2.05) is 13.8 Å². The minimum Gasteiger partial charge on any atom is -0.464 e. The van der Waals surface area contributed by atoms with Crippen LogP contribution in [0.4, 0.5) is 4.79 Å². The van der Waals surface area contributed by atoms with Crippen LogP contribution in [-0.4, -0.2) is 30.3 Å². The van der Waals surface area contributed by atoms with Crippen LogP contribution in [0.2, 0.25) is 0 Å². The van der Waals surface area contributed by atoms with E-state index in [0.717, 1.165) is 12.8 Å². The first-order valence-corrected chi connectivity index (χ1v) is 7.74. The van der Waals surface area contributed by atoms with E-state index < -0.39 is 17.7 Å². The van der Waals surface area contributed by atoms with Crippen LogP contribution in [0.25, 0.3) is 0 Å². The SMILES string of the molecule is CCOC(=O)C(NC(=O)OC(C)(C)C)C(C)(C)C1CCC1. The van der Waals surface area contributed by atoms with E-state index in [1.165, 1.54) is 6.42 Å². The van der Waals surface area contributed by atoms with Crippen LogP contribution in [-0.2, 0) is 14.3 Å². The molecule has 1 saturated carbocycles. The third-order valence-electron chi connectivity index (χ3n) is 4.08. The molecule has 5 heteroatoms. The van der Waals surface area contributed by atoms with Crippen molar-refractivity contribution in [2.24, 2.45) is 11.3 Å². The molecule has 122 valence electrons. The highest BCUT2D eigenvalue weighted by molar-refractivity contribution is 5.82. The van der Waals surface area contributed by atoms with Crippen LogP contribution in [0.1, 0.15) is 60.8 Å². The Morgan fingerprint density at radius 3 is 2.14 bits per heavy atom. The molecule has 1 N–H and O–H groups in total. The highest BCUT2D eigenvalue weighted by Gasteiger charge is 2.45. The number of amides is 1. The van der Waals surface area contributed by atoms with Crippen molar-refractivity contribution < 1.29 is 19.1 Å². The van der Waals surface area contributed by atoms with Gasteiger partial charge in [0.05, 0.1) is 6.61 Å². The fourth-order valence-corrected chi connectivity index (χ4v) is 2.59. The number of hydrogen-bond acceptors (Lipinski definition) is 4. The third-order valence-corrected chi connectivity index (χ3v) is 4.08. The first-order chi connectivity index (χ1) is 9.58. The molecule has 0 aromatic rings. The molecule has 0 radical (unpaired) electrons. The maximum Gasteiger partial charge on any atom is 0.408 e. The van der Waals surface area contributed by atoms with Crippen molar-refractivity contribution in [2.75, 3.05) is 6.61 Å².